The fraction of sp³-hybridized carbons (Fsp3) is 0.435. The van der Waals surface area contributed by atoms with Crippen LogP contribution in [0.15, 0.2) is 41.5 Å². The van der Waals surface area contributed by atoms with Crippen molar-refractivity contribution in [3.63, 3.8) is 0 Å². The van der Waals surface area contributed by atoms with Crippen molar-refractivity contribution in [2.24, 2.45) is 0 Å². The number of aliphatic hydroxyl groups excluding tert-OH is 2. The van der Waals surface area contributed by atoms with Crippen LogP contribution < -0.4 is 22.5 Å². The number of hydrogen-bond acceptors (Lipinski definition) is 13. The number of ether oxygens (including phenoxy) is 4. The fourth-order valence-electron chi connectivity index (χ4n) is 4.48. The van der Waals surface area contributed by atoms with Crippen molar-refractivity contribution in [3.05, 3.63) is 75.2 Å². The van der Waals surface area contributed by atoms with E-state index in [0.29, 0.717) is 0 Å². The summed E-state index contributed by atoms with van der Waals surface area (Å²) in [4.78, 5) is 68.4. The smallest absolute Gasteiger partial charge is 0.399 e. The Bertz CT molecular complexity index is 1510. The molecule has 0 unspecified atom stereocenters. The van der Waals surface area contributed by atoms with Gasteiger partial charge in [-0.1, -0.05) is 31.9 Å². The lowest BCUT2D eigenvalue weighted by Gasteiger charge is -2.30. The predicted octanol–water partition coefficient (Wildman–Crippen LogP) is -1.09. The molecular formula is C23H24Br2N4O13. The fourth-order valence-corrected chi connectivity index (χ4v) is 5.05. The molecule has 0 bridgehead atoms. The molecule has 19 heteroatoms. The second-order valence-corrected chi connectivity index (χ2v) is 10.2. The van der Waals surface area contributed by atoms with E-state index < -0.39 is 90.9 Å². The van der Waals surface area contributed by atoms with E-state index in [9.17, 15) is 44.4 Å². The second-order valence-electron chi connectivity index (χ2n) is 9.16. The van der Waals surface area contributed by atoms with Crippen LogP contribution in [0.4, 0.5) is 4.79 Å². The van der Waals surface area contributed by atoms with E-state index >= 15 is 0 Å². The minimum absolute atomic E-state index is 0.0383. The van der Waals surface area contributed by atoms with E-state index in [1.165, 1.54) is 22.1 Å². The number of rotatable bonds is 8. The maximum Gasteiger partial charge on any atom is 0.513 e. The molecule has 0 saturated carbocycles. The number of hydrogen-bond donors (Lipinski definition) is 6. The second kappa shape index (κ2) is 12.6. The number of halogens is 2. The molecule has 0 aliphatic carbocycles. The zero-order valence-corrected chi connectivity index (χ0v) is 24.4. The van der Waals surface area contributed by atoms with Gasteiger partial charge in [-0.15, -0.1) is 0 Å². The predicted molar refractivity (Wildman–Crippen MR) is 147 cm³/mol. The van der Waals surface area contributed by atoms with Crippen LogP contribution in [0.25, 0.3) is 12.2 Å². The van der Waals surface area contributed by atoms with E-state index in [1.807, 2.05) is 0 Å². The Morgan fingerprint density at radius 3 is 1.57 bits per heavy atom. The average molecular weight is 724 g/mol. The number of carbonyl (C=O) groups excluding carboxylic acids is 1. The molecule has 0 spiro atoms. The molecule has 6 N–H and O–H groups in total. The van der Waals surface area contributed by atoms with Crippen LogP contribution in [0, 0.1) is 0 Å². The zero-order valence-electron chi connectivity index (χ0n) is 21.2. The summed E-state index contributed by atoms with van der Waals surface area (Å²) in [6, 6.07) is 0. The van der Waals surface area contributed by atoms with E-state index in [2.05, 4.69) is 41.8 Å². The van der Waals surface area contributed by atoms with Crippen LogP contribution in [0.1, 0.15) is 36.4 Å². The summed E-state index contributed by atoms with van der Waals surface area (Å²) < 4.78 is 22.9. The lowest BCUT2D eigenvalue weighted by atomic mass is 10.1. The summed E-state index contributed by atoms with van der Waals surface area (Å²) in [5.74, 6) is -5.18. The highest BCUT2D eigenvalue weighted by molar-refractivity contribution is 9.11. The SMILES string of the molecule is O=C(O[C@]1(O)C[C@H](n2cc(C=CBr)c(=O)[nH]c2=O)O[C@@H]1CO)O[C@]1(O)C[C@H](n2cc(C=CBr)c(=O)[nH]c2=O)O[C@@H]1CO. The van der Waals surface area contributed by atoms with E-state index in [0.717, 1.165) is 21.5 Å². The first-order chi connectivity index (χ1) is 19.9. The Morgan fingerprint density at radius 2 is 1.24 bits per heavy atom. The van der Waals surface area contributed by atoms with Gasteiger partial charge in [-0.3, -0.25) is 28.7 Å². The quantitative estimate of drug-likeness (QED) is 0.140. The normalized spacial score (nSPS) is 29.5. The molecule has 6 atom stereocenters. The van der Waals surface area contributed by atoms with Gasteiger partial charge in [-0.2, -0.15) is 0 Å². The molecule has 228 valence electrons. The Labute approximate surface area is 250 Å². The van der Waals surface area contributed by atoms with Gasteiger partial charge in [0.1, 0.15) is 24.7 Å². The molecule has 0 aromatic carbocycles. The third-order valence-corrected chi connectivity index (χ3v) is 7.06. The van der Waals surface area contributed by atoms with Crippen molar-refractivity contribution in [3.8, 4) is 0 Å². The molecule has 2 aromatic heterocycles. The van der Waals surface area contributed by atoms with Crippen LogP contribution in [-0.4, -0.2) is 82.7 Å². The Balaban J connectivity index is 1.54. The number of aliphatic hydroxyl groups is 4. The Hall–Kier alpha value is -3.17. The van der Waals surface area contributed by atoms with Crippen LogP contribution in [0.2, 0.25) is 0 Å². The molecule has 2 aliphatic rings. The van der Waals surface area contributed by atoms with Gasteiger partial charge in [0.2, 0.25) is 11.6 Å². The molecule has 2 aromatic rings. The Kier molecular flexibility index (Phi) is 9.52. The monoisotopic (exact) mass is 722 g/mol. The van der Waals surface area contributed by atoms with Gasteiger partial charge in [0.05, 0.1) is 37.2 Å². The van der Waals surface area contributed by atoms with Crippen molar-refractivity contribution >= 4 is 50.2 Å². The topological polar surface area (TPSA) is 245 Å². The van der Waals surface area contributed by atoms with Gasteiger partial charge in [-0.05, 0) is 22.1 Å². The molecule has 0 radical (unpaired) electrons. The number of aromatic nitrogens is 4. The standard InChI is InChI=1S/C23H24Br2N4O13/c24-3-1-11-7-28(19(34)26-17(11)32)15-5-22(37,13(9-30)39-15)41-21(36)42-23(38)6-16(40-14(23)10-31)29-8-12(2-4-25)18(33)27-20(29)35/h1-4,7-8,13-16,30-31,37-38H,5-6,9-10H2,(H,26,32,34)(H,27,33,35)/t13-,14-,15-,16-,22-,23-/m1/s1. The highest BCUT2D eigenvalue weighted by atomic mass is 79.9. The number of nitrogens with one attached hydrogen (secondary N) is 2. The van der Waals surface area contributed by atoms with Crippen molar-refractivity contribution < 1.29 is 44.2 Å². The summed E-state index contributed by atoms with van der Waals surface area (Å²) in [7, 11) is 0. The van der Waals surface area contributed by atoms with Gasteiger partial charge in [0.15, 0.2) is 0 Å². The molecule has 42 heavy (non-hydrogen) atoms. The molecule has 4 rings (SSSR count). The molecule has 2 fully saturated rings. The lowest BCUT2D eigenvalue weighted by molar-refractivity contribution is -0.252. The van der Waals surface area contributed by atoms with E-state index in [4.69, 9.17) is 18.9 Å². The largest absolute Gasteiger partial charge is 0.513 e. The first-order valence-corrected chi connectivity index (χ1v) is 13.8. The highest BCUT2D eigenvalue weighted by Crippen LogP contribution is 2.40. The maximum atomic E-state index is 12.8. The van der Waals surface area contributed by atoms with Crippen molar-refractivity contribution in [2.75, 3.05) is 13.2 Å². The summed E-state index contributed by atoms with van der Waals surface area (Å²) >= 11 is 6.04. The van der Waals surface area contributed by atoms with E-state index in [-0.39, 0.29) is 11.1 Å². The summed E-state index contributed by atoms with van der Waals surface area (Å²) in [6.45, 7) is -1.77. The molecule has 2 aliphatic heterocycles. The number of carbonyl (C=O) groups is 1. The number of aromatic amines is 2. The van der Waals surface area contributed by atoms with Crippen LogP contribution >= 0.6 is 31.9 Å². The van der Waals surface area contributed by atoms with Crippen molar-refractivity contribution in [1.29, 1.82) is 0 Å². The summed E-state index contributed by atoms with van der Waals surface area (Å²) in [6.07, 6.45) is -3.83. The third kappa shape index (κ3) is 6.27. The molecule has 4 heterocycles. The third-order valence-electron chi connectivity index (χ3n) is 6.53. The van der Waals surface area contributed by atoms with Gasteiger partial charge < -0.3 is 39.4 Å². The summed E-state index contributed by atoms with van der Waals surface area (Å²) in [5, 5.41) is 41.6. The van der Waals surface area contributed by atoms with Gasteiger partial charge >= 0.3 is 17.5 Å². The number of H-pyrrole nitrogens is 2. The summed E-state index contributed by atoms with van der Waals surface area (Å²) in [5.41, 5.74) is -3.17. The van der Waals surface area contributed by atoms with E-state index in [1.54, 1.807) is 0 Å². The van der Waals surface area contributed by atoms with Crippen LogP contribution in [0.5, 0.6) is 0 Å². The lowest BCUT2D eigenvalue weighted by Crippen LogP contribution is -2.49. The Morgan fingerprint density at radius 1 is 0.857 bits per heavy atom. The molecule has 17 nitrogen and oxygen atoms in total. The van der Waals surface area contributed by atoms with Crippen molar-refractivity contribution in [2.45, 2.75) is 49.1 Å². The number of nitrogens with zero attached hydrogens (tertiary/aromatic N) is 2. The molecule has 0 amide bonds. The van der Waals surface area contributed by atoms with Crippen LogP contribution in [0.3, 0.4) is 0 Å². The molecule has 2 saturated heterocycles. The van der Waals surface area contributed by atoms with Gasteiger partial charge in [-0.25, -0.2) is 14.4 Å². The first-order valence-electron chi connectivity index (χ1n) is 12.0. The maximum absolute atomic E-state index is 12.8. The minimum Gasteiger partial charge on any atom is -0.399 e. The average Bonchev–Trinajstić information content (AvgIpc) is 3.42. The minimum atomic E-state index is -2.59. The zero-order chi connectivity index (χ0) is 30.8. The van der Waals surface area contributed by atoms with Crippen LogP contribution in [-0.2, 0) is 18.9 Å². The molecular weight excluding hydrogens is 700 g/mol. The highest BCUT2D eigenvalue weighted by Gasteiger charge is 2.55. The first kappa shape index (κ1) is 31.8. The van der Waals surface area contributed by atoms with Gasteiger partial charge in [0.25, 0.3) is 11.1 Å². The van der Waals surface area contributed by atoms with Crippen molar-refractivity contribution in [1.82, 2.24) is 19.1 Å². The van der Waals surface area contributed by atoms with Gasteiger partial charge in [0, 0.05) is 12.4 Å².